The molecule has 0 saturated carbocycles. The third-order valence-electron chi connectivity index (χ3n) is 4.44. The number of rotatable bonds is 5. The first-order valence-electron chi connectivity index (χ1n) is 8.35. The molecule has 1 aliphatic rings. The topological polar surface area (TPSA) is 29.5 Å². The highest BCUT2D eigenvalue weighted by atomic mass is 35.5. The fourth-order valence-electron chi connectivity index (χ4n) is 3.01. The molecule has 0 aliphatic heterocycles. The van der Waals surface area contributed by atoms with Crippen molar-refractivity contribution in [2.75, 3.05) is 13.7 Å². The van der Waals surface area contributed by atoms with Crippen LogP contribution in [0, 0.1) is 0 Å². The number of hydrogen-bond donors (Lipinski definition) is 0. The predicted octanol–water partition coefficient (Wildman–Crippen LogP) is 4.26. The zero-order chi connectivity index (χ0) is 16.9. The minimum Gasteiger partial charge on any atom is -0.484 e. The van der Waals surface area contributed by atoms with E-state index in [1.54, 1.807) is 11.9 Å². The molecule has 0 heterocycles. The zero-order valence-electron chi connectivity index (χ0n) is 13.9. The Balaban J connectivity index is 1.54. The molecule has 3 rings (SSSR count). The molecule has 2 aromatic carbocycles. The molecule has 0 unspecified atom stereocenters. The highest BCUT2D eigenvalue weighted by Crippen LogP contribution is 2.25. The second kappa shape index (κ2) is 7.71. The zero-order valence-corrected chi connectivity index (χ0v) is 14.7. The van der Waals surface area contributed by atoms with Gasteiger partial charge >= 0.3 is 0 Å². The number of amides is 1. The van der Waals surface area contributed by atoms with Crippen LogP contribution in [-0.2, 0) is 24.2 Å². The lowest BCUT2D eigenvalue weighted by atomic mass is 9.92. The van der Waals surface area contributed by atoms with Crippen molar-refractivity contribution >= 4 is 17.5 Å². The second-order valence-electron chi connectivity index (χ2n) is 6.30. The van der Waals surface area contributed by atoms with Gasteiger partial charge in [-0.15, -0.1) is 0 Å². The van der Waals surface area contributed by atoms with Gasteiger partial charge in [-0.25, -0.2) is 0 Å². The van der Waals surface area contributed by atoms with Crippen molar-refractivity contribution in [3.63, 3.8) is 0 Å². The molecule has 4 heteroatoms. The molecular weight excluding hydrogens is 322 g/mol. The summed E-state index contributed by atoms with van der Waals surface area (Å²) in [6.07, 6.45) is 4.76. The SMILES string of the molecule is CN(Cc1ccc(Cl)cc1)C(=O)COc1ccc2c(c1)CCCC2. The molecule has 0 saturated heterocycles. The van der Waals surface area contributed by atoms with E-state index in [1.807, 2.05) is 30.3 Å². The van der Waals surface area contributed by atoms with Crippen LogP contribution >= 0.6 is 11.6 Å². The molecule has 0 N–H and O–H groups in total. The fraction of sp³-hybridized carbons (Fsp3) is 0.350. The number of carbonyl (C=O) groups is 1. The summed E-state index contributed by atoms with van der Waals surface area (Å²) in [6, 6.07) is 13.7. The summed E-state index contributed by atoms with van der Waals surface area (Å²) in [5, 5.41) is 0.698. The lowest BCUT2D eigenvalue weighted by Crippen LogP contribution is -2.30. The van der Waals surface area contributed by atoms with Crippen LogP contribution in [0.3, 0.4) is 0 Å². The van der Waals surface area contributed by atoms with Crippen molar-refractivity contribution < 1.29 is 9.53 Å². The largest absolute Gasteiger partial charge is 0.484 e. The first-order valence-corrected chi connectivity index (χ1v) is 8.72. The number of likely N-dealkylation sites (N-methyl/N-ethyl adjacent to an activating group) is 1. The Kier molecular flexibility index (Phi) is 5.41. The standard InChI is InChI=1S/C20H22ClNO2/c1-22(13-15-6-9-18(21)10-7-15)20(23)14-24-19-11-8-16-4-2-3-5-17(16)12-19/h6-12H,2-5,13-14H2,1H3. The minimum absolute atomic E-state index is 0.0392. The van der Waals surface area contributed by atoms with Crippen molar-refractivity contribution in [3.8, 4) is 5.75 Å². The average Bonchev–Trinajstić information content (AvgIpc) is 2.61. The molecule has 0 aromatic heterocycles. The number of aryl methyl sites for hydroxylation is 2. The van der Waals surface area contributed by atoms with Gasteiger partial charge in [-0.1, -0.05) is 29.8 Å². The quantitative estimate of drug-likeness (QED) is 0.812. The van der Waals surface area contributed by atoms with Crippen LogP contribution in [0.4, 0.5) is 0 Å². The molecule has 0 radical (unpaired) electrons. The molecule has 24 heavy (non-hydrogen) atoms. The normalized spacial score (nSPS) is 13.2. The van der Waals surface area contributed by atoms with E-state index in [9.17, 15) is 4.79 Å². The van der Waals surface area contributed by atoms with E-state index in [0.717, 1.165) is 24.2 Å². The summed E-state index contributed by atoms with van der Waals surface area (Å²) in [6.45, 7) is 0.604. The number of halogens is 1. The Morgan fingerprint density at radius 1 is 1.08 bits per heavy atom. The van der Waals surface area contributed by atoms with E-state index in [2.05, 4.69) is 12.1 Å². The van der Waals surface area contributed by atoms with Gasteiger partial charge in [0.1, 0.15) is 5.75 Å². The van der Waals surface area contributed by atoms with E-state index < -0.39 is 0 Å². The lowest BCUT2D eigenvalue weighted by Gasteiger charge is -2.19. The molecule has 0 atom stereocenters. The summed E-state index contributed by atoms with van der Waals surface area (Å²) >= 11 is 5.88. The summed E-state index contributed by atoms with van der Waals surface area (Å²) in [5.74, 6) is 0.742. The van der Waals surface area contributed by atoms with Crippen molar-refractivity contribution in [2.24, 2.45) is 0 Å². The first kappa shape index (κ1) is 16.8. The van der Waals surface area contributed by atoms with Crippen LogP contribution in [0.1, 0.15) is 29.5 Å². The maximum Gasteiger partial charge on any atom is 0.260 e. The van der Waals surface area contributed by atoms with Crippen molar-refractivity contribution in [1.82, 2.24) is 4.90 Å². The molecule has 1 aliphatic carbocycles. The molecule has 126 valence electrons. The van der Waals surface area contributed by atoms with Gasteiger partial charge < -0.3 is 9.64 Å². The van der Waals surface area contributed by atoms with E-state index in [0.29, 0.717) is 11.6 Å². The summed E-state index contributed by atoms with van der Waals surface area (Å²) in [5.41, 5.74) is 3.82. The highest BCUT2D eigenvalue weighted by molar-refractivity contribution is 6.30. The Morgan fingerprint density at radius 3 is 2.54 bits per heavy atom. The van der Waals surface area contributed by atoms with Gasteiger partial charge in [0.05, 0.1) is 0 Å². The van der Waals surface area contributed by atoms with Crippen molar-refractivity contribution in [1.29, 1.82) is 0 Å². The van der Waals surface area contributed by atoms with Gasteiger partial charge in [-0.05, 0) is 66.6 Å². The number of benzene rings is 2. The Bertz CT molecular complexity index is 712. The molecular formula is C20H22ClNO2. The second-order valence-corrected chi connectivity index (χ2v) is 6.74. The smallest absolute Gasteiger partial charge is 0.260 e. The Morgan fingerprint density at radius 2 is 1.79 bits per heavy atom. The molecule has 2 aromatic rings. The lowest BCUT2D eigenvalue weighted by molar-refractivity contribution is -0.132. The average molecular weight is 344 g/mol. The summed E-state index contributed by atoms with van der Waals surface area (Å²) in [4.78, 5) is 13.9. The van der Waals surface area contributed by atoms with Gasteiger partial charge in [0.15, 0.2) is 6.61 Å². The Hall–Kier alpha value is -2.00. The molecule has 0 bridgehead atoms. The number of carbonyl (C=O) groups excluding carboxylic acids is 1. The number of hydrogen-bond acceptors (Lipinski definition) is 2. The van der Waals surface area contributed by atoms with Gasteiger partial charge in [0.25, 0.3) is 5.91 Å². The van der Waals surface area contributed by atoms with Crippen molar-refractivity contribution in [2.45, 2.75) is 32.2 Å². The summed E-state index contributed by atoms with van der Waals surface area (Å²) in [7, 11) is 1.78. The van der Waals surface area contributed by atoms with E-state index >= 15 is 0 Å². The van der Waals surface area contributed by atoms with E-state index in [-0.39, 0.29) is 12.5 Å². The third-order valence-corrected chi connectivity index (χ3v) is 4.69. The van der Waals surface area contributed by atoms with Gasteiger partial charge in [0.2, 0.25) is 0 Å². The third kappa shape index (κ3) is 4.30. The first-order chi connectivity index (χ1) is 11.6. The molecule has 1 amide bonds. The van der Waals surface area contributed by atoms with E-state index in [4.69, 9.17) is 16.3 Å². The number of ether oxygens (including phenoxy) is 1. The predicted molar refractivity (Wildman–Crippen MR) is 96.5 cm³/mol. The maximum absolute atomic E-state index is 12.3. The maximum atomic E-state index is 12.3. The van der Waals surface area contributed by atoms with Crippen LogP contribution in [0.5, 0.6) is 5.75 Å². The van der Waals surface area contributed by atoms with Crippen LogP contribution in [0.25, 0.3) is 0 Å². The summed E-state index contributed by atoms with van der Waals surface area (Å²) < 4.78 is 5.70. The van der Waals surface area contributed by atoms with E-state index in [1.165, 1.54) is 24.0 Å². The fourth-order valence-corrected chi connectivity index (χ4v) is 3.13. The monoisotopic (exact) mass is 343 g/mol. The van der Waals surface area contributed by atoms with Crippen LogP contribution in [0.15, 0.2) is 42.5 Å². The van der Waals surface area contributed by atoms with Crippen LogP contribution in [0.2, 0.25) is 5.02 Å². The molecule has 0 fully saturated rings. The van der Waals surface area contributed by atoms with Gasteiger partial charge in [0, 0.05) is 18.6 Å². The number of nitrogens with zero attached hydrogens (tertiary/aromatic N) is 1. The van der Waals surface area contributed by atoms with Crippen LogP contribution in [-0.4, -0.2) is 24.5 Å². The van der Waals surface area contributed by atoms with Crippen molar-refractivity contribution in [3.05, 3.63) is 64.2 Å². The van der Waals surface area contributed by atoms with Crippen LogP contribution < -0.4 is 4.74 Å². The minimum atomic E-state index is -0.0392. The highest BCUT2D eigenvalue weighted by Gasteiger charge is 2.13. The van der Waals surface area contributed by atoms with Gasteiger partial charge in [-0.2, -0.15) is 0 Å². The number of fused-ring (bicyclic) bond motifs is 1. The molecule has 3 nitrogen and oxygen atoms in total. The Labute approximate surface area is 148 Å². The van der Waals surface area contributed by atoms with Gasteiger partial charge in [-0.3, -0.25) is 4.79 Å². The molecule has 0 spiro atoms.